The van der Waals surface area contributed by atoms with Gasteiger partial charge in [-0.1, -0.05) is 23.7 Å². The average Bonchev–Trinajstić information content (AvgIpc) is 3.05. The number of methoxy groups -OCH3 is 1. The summed E-state index contributed by atoms with van der Waals surface area (Å²) < 4.78 is 10.8. The van der Waals surface area contributed by atoms with E-state index in [-0.39, 0.29) is 6.61 Å². The molecule has 0 bridgehead atoms. The molecule has 1 aliphatic heterocycles. The van der Waals surface area contributed by atoms with Crippen molar-refractivity contribution in [1.82, 2.24) is 15.0 Å². The molecule has 2 heterocycles. The molecule has 1 saturated heterocycles. The molecule has 1 atom stereocenters. The molecule has 3 rings (SSSR count). The Hall–Kier alpha value is -1.92. The highest BCUT2D eigenvalue weighted by molar-refractivity contribution is 5.63. The predicted octanol–water partition coefficient (Wildman–Crippen LogP) is 2.48. The van der Waals surface area contributed by atoms with Crippen LogP contribution in [0.1, 0.15) is 31.6 Å². The van der Waals surface area contributed by atoms with Crippen molar-refractivity contribution in [2.24, 2.45) is 0 Å². The van der Waals surface area contributed by atoms with Gasteiger partial charge in [0.05, 0.1) is 19.2 Å². The van der Waals surface area contributed by atoms with E-state index in [0.29, 0.717) is 24.3 Å². The van der Waals surface area contributed by atoms with Gasteiger partial charge in [-0.3, -0.25) is 4.90 Å². The van der Waals surface area contributed by atoms with Gasteiger partial charge in [-0.05, 0) is 37.9 Å². The van der Waals surface area contributed by atoms with Crippen LogP contribution in [-0.4, -0.2) is 46.5 Å². The van der Waals surface area contributed by atoms with E-state index in [1.54, 1.807) is 7.11 Å². The second-order valence-electron chi connectivity index (χ2n) is 5.84. The van der Waals surface area contributed by atoms with Gasteiger partial charge in [-0.15, -0.1) is 0 Å². The van der Waals surface area contributed by atoms with E-state index in [9.17, 15) is 5.11 Å². The van der Waals surface area contributed by atoms with Crippen molar-refractivity contribution in [1.29, 1.82) is 0 Å². The van der Waals surface area contributed by atoms with Crippen LogP contribution in [-0.2, 0) is 6.54 Å². The highest BCUT2D eigenvalue weighted by atomic mass is 16.5. The predicted molar refractivity (Wildman–Crippen MR) is 86.0 cm³/mol. The number of para-hydroxylation sites is 1. The Morgan fingerprint density at radius 2 is 2.22 bits per heavy atom. The standard InChI is InChI=1S/C17H23N3O3/c1-22-15-8-3-2-7-14(15)17-18-16(23-19-17)12-20-10-5-4-6-13(20)9-11-21/h2-3,7-8,13,21H,4-6,9-12H2,1H3. The van der Waals surface area contributed by atoms with Crippen LogP contribution in [0, 0.1) is 0 Å². The Bertz CT molecular complexity index is 627. The van der Waals surface area contributed by atoms with E-state index in [1.807, 2.05) is 24.3 Å². The van der Waals surface area contributed by atoms with Gasteiger partial charge >= 0.3 is 0 Å². The van der Waals surface area contributed by atoms with Gasteiger partial charge in [0.1, 0.15) is 5.75 Å². The highest BCUT2D eigenvalue weighted by Gasteiger charge is 2.24. The molecule has 1 aromatic carbocycles. The third-order valence-electron chi connectivity index (χ3n) is 4.37. The molecule has 1 unspecified atom stereocenters. The maximum absolute atomic E-state index is 9.22. The smallest absolute Gasteiger partial charge is 0.241 e. The topological polar surface area (TPSA) is 71.6 Å². The third-order valence-corrected chi connectivity index (χ3v) is 4.37. The summed E-state index contributed by atoms with van der Waals surface area (Å²) in [5.41, 5.74) is 0.829. The normalized spacial score (nSPS) is 19.0. The summed E-state index contributed by atoms with van der Waals surface area (Å²) in [5.74, 6) is 1.89. The average molecular weight is 317 g/mol. The Morgan fingerprint density at radius 3 is 3.04 bits per heavy atom. The first-order valence-electron chi connectivity index (χ1n) is 8.12. The van der Waals surface area contributed by atoms with Crippen LogP contribution in [0.5, 0.6) is 5.75 Å². The number of hydrogen-bond acceptors (Lipinski definition) is 6. The van der Waals surface area contributed by atoms with E-state index in [4.69, 9.17) is 9.26 Å². The van der Waals surface area contributed by atoms with E-state index in [0.717, 1.165) is 30.7 Å². The Labute approximate surface area is 136 Å². The first-order valence-corrected chi connectivity index (χ1v) is 8.12. The minimum Gasteiger partial charge on any atom is -0.496 e. The van der Waals surface area contributed by atoms with Gasteiger partial charge in [0.15, 0.2) is 0 Å². The largest absolute Gasteiger partial charge is 0.496 e. The lowest BCUT2D eigenvalue weighted by molar-refractivity contribution is 0.100. The SMILES string of the molecule is COc1ccccc1-c1noc(CN2CCCCC2CCO)n1. The molecule has 6 heteroatoms. The maximum Gasteiger partial charge on any atom is 0.241 e. The van der Waals surface area contributed by atoms with Crippen LogP contribution in [0.3, 0.4) is 0 Å². The van der Waals surface area contributed by atoms with Crippen molar-refractivity contribution >= 4 is 0 Å². The number of ether oxygens (including phenoxy) is 1. The van der Waals surface area contributed by atoms with Crippen molar-refractivity contribution in [3.63, 3.8) is 0 Å². The van der Waals surface area contributed by atoms with Crippen molar-refractivity contribution in [2.45, 2.75) is 38.3 Å². The van der Waals surface area contributed by atoms with Crippen LogP contribution >= 0.6 is 0 Å². The second kappa shape index (κ2) is 7.57. The van der Waals surface area contributed by atoms with E-state index in [1.165, 1.54) is 12.8 Å². The molecule has 0 amide bonds. The fourth-order valence-corrected chi connectivity index (χ4v) is 3.18. The summed E-state index contributed by atoms with van der Waals surface area (Å²) in [6.45, 7) is 1.86. The fourth-order valence-electron chi connectivity index (χ4n) is 3.18. The van der Waals surface area contributed by atoms with Gasteiger partial charge in [0, 0.05) is 12.6 Å². The number of piperidine rings is 1. The number of hydrogen-bond donors (Lipinski definition) is 1. The Balaban J connectivity index is 1.74. The lowest BCUT2D eigenvalue weighted by Gasteiger charge is -2.34. The molecule has 23 heavy (non-hydrogen) atoms. The van der Waals surface area contributed by atoms with Gasteiger partial charge in [-0.25, -0.2) is 0 Å². The van der Waals surface area contributed by atoms with Crippen LogP contribution in [0.25, 0.3) is 11.4 Å². The monoisotopic (exact) mass is 317 g/mol. The first-order chi connectivity index (χ1) is 11.3. The molecule has 2 aromatic rings. The number of aromatic nitrogens is 2. The quantitative estimate of drug-likeness (QED) is 0.882. The van der Waals surface area contributed by atoms with E-state index < -0.39 is 0 Å². The molecule has 0 radical (unpaired) electrons. The number of aliphatic hydroxyl groups excluding tert-OH is 1. The number of benzene rings is 1. The zero-order chi connectivity index (χ0) is 16.1. The number of likely N-dealkylation sites (tertiary alicyclic amines) is 1. The minimum absolute atomic E-state index is 0.220. The molecule has 1 aliphatic rings. The molecule has 1 fully saturated rings. The van der Waals surface area contributed by atoms with Crippen molar-refractivity contribution in [2.75, 3.05) is 20.3 Å². The zero-order valence-electron chi connectivity index (χ0n) is 13.4. The third kappa shape index (κ3) is 3.71. The lowest BCUT2D eigenvalue weighted by Crippen LogP contribution is -2.39. The van der Waals surface area contributed by atoms with Crippen LogP contribution in [0.15, 0.2) is 28.8 Å². The van der Waals surface area contributed by atoms with Crippen molar-refractivity contribution in [3.05, 3.63) is 30.2 Å². The molecule has 6 nitrogen and oxygen atoms in total. The molecule has 0 aliphatic carbocycles. The van der Waals surface area contributed by atoms with Crippen molar-refractivity contribution < 1.29 is 14.4 Å². The number of rotatable bonds is 6. The summed E-state index contributed by atoms with van der Waals surface area (Å²) in [5, 5.41) is 13.3. The lowest BCUT2D eigenvalue weighted by atomic mass is 10.00. The van der Waals surface area contributed by atoms with Gasteiger partial charge in [0.25, 0.3) is 0 Å². The number of aliphatic hydroxyl groups is 1. The van der Waals surface area contributed by atoms with E-state index in [2.05, 4.69) is 15.0 Å². The first kappa shape index (κ1) is 16.0. The Morgan fingerprint density at radius 1 is 1.35 bits per heavy atom. The van der Waals surface area contributed by atoms with Crippen LogP contribution in [0.2, 0.25) is 0 Å². The Kier molecular flexibility index (Phi) is 5.25. The van der Waals surface area contributed by atoms with Crippen LogP contribution < -0.4 is 4.74 Å². The summed E-state index contributed by atoms with van der Waals surface area (Å²) in [7, 11) is 1.63. The van der Waals surface area contributed by atoms with Gasteiger partial charge < -0.3 is 14.4 Å². The fraction of sp³-hybridized carbons (Fsp3) is 0.529. The van der Waals surface area contributed by atoms with Gasteiger partial charge in [-0.2, -0.15) is 4.98 Å². The van der Waals surface area contributed by atoms with E-state index >= 15 is 0 Å². The second-order valence-corrected chi connectivity index (χ2v) is 5.84. The molecule has 0 saturated carbocycles. The van der Waals surface area contributed by atoms with Crippen LogP contribution in [0.4, 0.5) is 0 Å². The van der Waals surface area contributed by atoms with Crippen molar-refractivity contribution in [3.8, 4) is 17.1 Å². The number of nitrogens with zero attached hydrogens (tertiary/aromatic N) is 3. The highest BCUT2D eigenvalue weighted by Crippen LogP contribution is 2.28. The summed E-state index contributed by atoms with van der Waals surface area (Å²) in [6, 6.07) is 8.04. The molecule has 124 valence electrons. The molecule has 1 N–H and O–H groups in total. The molecule has 1 aromatic heterocycles. The molecular formula is C17H23N3O3. The molecule has 0 spiro atoms. The van der Waals surface area contributed by atoms with Gasteiger partial charge in [0.2, 0.25) is 11.7 Å². The summed E-state index contributed by atoms with van der Waals surface area (Å²) >= 11 is 0. The summed E-state index contributed by atoms with van der Waals surface area (Å²) in [4.78, 5) is 6.85. The summed E-state index contributed by atoms with van der Waals surface area (Å²) in [6.07, 6.45) is 4.31. The molecular weight excluding hydrogens is 294 g/mol. The minimum atomic E-state index is 0.220. The zero-order valence-corrected chi connectivity index (χ0v) is 13.4. The maximum atomic E-state index is 9.22.